The van der Waals surface area contributed by atoms with Crippen molar-refractivity contribution in [3.63, 3.8) is 0 Å². The van der Waals surface area contributed by atoms with Gasteiger partial charge in [0.1, 0.15) is 0 Å². The van der Waals surface area contributed by atoms with E-state index in [4.69, 9.17) is 16.7 Å². The van der Waals surface area contributed by atoms with Gasteiger partial charge in [0.2, 0.25) is 0 Å². The summed E-state index contributed by atoms with van der Waals surface area (Å²) in [4.78, 5) is 0. The van der Waals surface area contributed by atoms with Crippen LogP contribution >= 0.6 is 11.6 Å². The molecule has 0 rings (SSSR count). The van der Waals surface area contributed by atoms with Gasteiger partial charge in [0.05, 0.1) is 6.10 Å². The summed E-state index contributed by atoms with van der Waals surface area (Å²) in [7, 11) is 0. The van der Waals surface area contributed by atoms with Crippen molar-refractivity contribution in [1.29, 1.82) is 0 Å². The van der Waals surface area contributed by atoms with Crippen LogP contribution in [0.2, 0.25) is 0 Å². The van der Waals surface area contributed by atoms with Crippen molar-refractivity contribution in [2.75, 3.05) is 5.88 Å². The van der Waals surface area contributed by atoms with Gasteiger partial charge in [0.15, 0.2) is 0 Å². The highest BCUT2D eigenvalue weighted by Crippen LogP contribution is 1.91. The molecule has 0 aliphatic rings. The van der Waals surface area contributed by atoms with Crippen molar-refractivity contribution in [2.24, 2.45) is 0 Å². The number of alkyl halides is 1. The molecule has 1 nitrogen and oxygen atoms in total. The number of rotatable bonds is 2. The third-order valence-electron chi connectivity index (χ3n) is 0.818. The van der Waals surface area contributed by atoms with Crippen molar-refractivity contribution in [3.8, 4) is 11.8 Å². The van der Waals surface area contributed by atoms with E-state index < -0.39 is 6.10 Å². The lowest BCUT2D eigenvalue weighted by molar-refractivity contribution is 0.204. The quantitative estimate of drug-likeness (QED) is 0.461. The van der Waals surface area contributed by atoms with Crippen molar-refractivity contribution >= 4 is 11.6 Å². The van der Waals surface area contributed by atoms with Gasteiger partial charge in [-0.3, -0.25) is 0 Å². The first kappa shape index (κ1) is 8.81. The molecule has 1 atom stereocenters. The summed E-state index contributed by atoms with van der Waals surface area (Å²) in [5, 5.41) is 8.85. The second-order valence-corrected chi connectivity index (χ2v) is 2.03. The van der Waals surface area contributed by atoms with Gasteiger partial charge in [-0.1, -0.05) is 6.92 Å². The second kappa shape index (κ2) is 5.94. The van der Waals surface area contributed by atoms with Crippen molar-refractivity contribution in [1.82, 2.24) is 0 Å². The van der Waals surface area contributed by atoms with Crippen LogP contribution in [0.25, 0.3) is 0 Å². The standard InChI is InChI=1S/C7H11ClO/c1-2-3-4-5-7(9)6-8/h7,9H,2,5-6H2,1H3/t7-/m1/s1. The summed E-state index contributed by atoms with van der Waals surface area (Å²) in [5.41, 5.74) is 0. The molecule has 0 aromatic rings. The number of aliphatic hydroxyl groups is 1. The fourth-order valence-corrected chi connectivity index (χ4v) is 0.479. The minimum absolute atomic E-state index is 0.276. The largest absolute Gasteiger partial charge is 0.391 e. The number of hydrogen-bond acceptors (Lipinski definition) is 1. The van der Waals surface area contributed by atoms with E-state index in [9.17, 15) is 0 Å². The van der Waals surface area contributed by atoms with Crippen LogP contribution in [0.4, 0.5) is 0 Å². The Kier molecular flexibility index (Phi) is 5.81. The molecule has 1 N–H and O–H groups in total. The van der Waals surface area contributed by atoms with E-state index in [1.165, 1.54) is 0 Å². The zero-order chi connectivity index (χ0) is 7.11. The lowest BCUT2D eigenvalue weighted by Crippen LogP contribution is -2.05. The third kappa shape index (κ3) is 5.68. The van der Waals surface area contributed by atoms with Crippen molar-refractivity contribution in [2.45, 2.75) is 25.9 Å². The molecule has 0 aliphatic heterocycles. The van der Waals surface area contributed by atoms with E-state index in [1.54, 1.807) is 0 Å². The fraction of sp³-hybridized carbons (Fsp3) is 0.714. The Bertz CT molecular complexity index is 112. The third-order valence-corrected chi connectivity index (χ3v) is 1.17. The zero-order valence-corrected chi connectivity index (χ0v) is 6.28. The molecular weight excluding hydrogens is 136 g/mol. The lowest BCUT2D eigenvalue weighted by atomic mass is 10.3. The first-order chi connectivity index (χ1) is 4.31. The molecule has 0 spiro atoms. The minimum Gasteiger partial charge on any atom is -0.391 e. The molecule has 0 fully saturated rings. The van der Waals surface area contributed by atoms with Crippen LogP contribution in [0.3, 0.4) is 0 Å². The van der Waals surface area contributed by atoms with Gasteiger partial charge in [-0.25, -0.2) is 0 Å². The van der Waals surface area contributed by atoms with E-state index in [0.717, 1.165) is 6.42 Å². The fourth-order valence-electron chi connectivity index (χ4n) is 0.370. The highest BCUT2D eigenvalue weighted by atomic mass is 35.5. The molecule has 52 valence electrons. The van der Waals surface area contributed by atoms with Gasteiger partial charge in [-0.05, 0) is 0 Å². The number of aliphatic hydroxyl groups excluding tert-OH is 1. The maximum atomic E-state index is 8.85. The molecule has 0 heterocycles. The highest BCUT2D eigenvalue weighted by Gasteiger charge is 1.95. The van der Waals surface area contributed by atoms with E-state index in [0.29, 0.717) is 6.42 Å². The average molecular weight is 147 g/mol. The van der Waals surface area contributed by atoms with Crippen LogP contribution in [0, 0.1) is 11.8 Å². The smallest absolute Gasteiger partial charge is 0.0784 e. The summed E-state index contributed by atoms with van der Waals surface area (Å²) >= 11 is 5.31. The maximum absolute atomic E-state index is 8.85. The van der Waals surface area contributed by atoms with Crippen LogP contribution in [-0.4, -0.2) is 17.1 Å². The molecule has 9 heavy (non-hydrogen) atoms. The molecule has 0 unspecified atom stereocenters. The summed E-state index contributed by atoms with van der Waals surface area (Å²) in [6, 6.07) is 0. The summed E-state index contributed by atoms with van der Waals surface area (Å²) in [6.07, 6.45) is 0.887. The second-order valence-electron chi connectivity index (χ2n) is 1.72. The summed E-state index contributed by atoms with van der Waals surface area (Å²) in [6.45, 7) is 1.97. The first-order valence-electron chi connectivity index (χ1n) is 3.01. The van der Waals surface area contributed by atoms with Gasteiger partial charge in [-0.15, -0.1) is 23.4 Å². The Balaban J connectivity index is 3.25. The average Bonchev–Trinajstić information content (AvgIpc) is 1.89. The molecular formula is C7H11ClO. The Labute approximate surface area is 61.0 Å². The van der Waals surface area contributed by atoms with E-state index in [-0.39, 0.29) is 5.88 Å². The maximum Gasteiger partial charge on any atom is 0.0784 e. The van der Waals surface area contributed by atoms with Gasteiger partial charge in [0.25, 0.3) is 0 Å². The topological polar surface area (TPSA) is 20.2 Å². The van der Waals surface area contributed by atoms with E-state index in [1.807, 2.05) is 6.92 Å². The molecule has 0 saturated heterocycles. The Morgan fingerprint density at radius 3 is 2.67 bits per heavy atom. The van der Waals surface area contributed by atoms with E-state index in [2.05, 4.69) is 11.8 Å². The molecule has 0 aliphatic carbocycles. The van der Waals surface area contributed by atoms with Gasteiger partial charge < -0.3 is 5.11 Å². The van der Waals surface area contributed by atoms with Crippen LogP contribution in [0.1, 0.15) is 19.8 Å². The Morgan fingerprint density at radius 1 is 1.56 bits per heavy atom. The van der Waals surface area contributed by atoms with Gasteiger partial charge in [0, 0.05) is 18.7 Å². The first-order valence-corrected chi connectivity index (χ1v) is 3.54. The van der Waals surface area contributed by atoms with Crippen LogP contribution in [0.15, 0.2) is 0 Å². The molecule has 0 aromatic heterocycles. The van der Waals surface area contributed by atoms with E-state index >= 15 is 0 Å². The molecule has 0 bridgehead atoms. The predicted molar refractivity (Wildman–Crippen MR) is 39.4 cm³/mol. The van der Waals surface area contributed by atoms with Crippen molar-refractivity contribution in [3.05, 3.63) is 0 Å². The number of halogens is 1. The number of hydrogen-bond donors (Lipinski definition) is 1. The van der Waals surface area contributed by atoms with Gasteiger partial charge in [-0.2, -0.15) is 0 Å². The Morgan fingerprint density at radius 2 is 2.22 bits per heavy atom. The monoisotopic (exact) mass is 146 g/mol. The molecule has 0 amide bonds. The zero-order valence-electron chi connectivity index (χ0n) is 5.52. The summed E-state index contributed by atoms with van der Waals surface area (Å²) < 4.78 is 0. The Hall–Kier alpha value is -0.190. The molecule has 0 aromatic carbocycles. The van der Waals surface area contributed by atoms with Gasteiger partial charge >= 0.3 is 0 Å². The summed E-state index contributed by atoms with van der Waals surface area (Å²) in [5.74, 6) is 5.92. The SMILES string of the molecule is CCC#CC[C@@H](O)CCl. The molecule has 0 radical (unpaired) electrons. The van der Waals surface area contributed by atoms with Crippen LogP contribution in [-0.2, 0) is 0 Å². The normalized spacial score (nSPS) is 11.9. The molecule has 2 heteroatoms. The highest BCUT2D eigenvalue weighted by molar-refractivity contribution is 6.18. The molecule has 0 saturated carbocycles. The lowest BCUT2D eigenvalue weighted by Gasteiger charge is -1.96. The van der Waals surface area contributed by atoms with Crippen LogP contribution in [0.5, 0.6) is 0 Å². The van der Waals surface area contributed by atoms with Crippen LogP contribution < -0.4 is 0 Å². The van der Waals surface area contributed by atoms with Crippen molar-refractivity contribution < 1.29 is 5.11 Å². The minimum atomic E-state index is -0.453. The predicted octanol–water partition coefficient (Wildman–Crippen LogP) is 1.39.